The molecule has 2 aromatic carbocycles. The topological polar surface area (TPSA) is 75.2 Å². The summed E-state index contributed by atoms with van der Waals surface area (Å²) < 4.78 is 25.5. The Kier molecular flexibility index (Phi) is 9.09. The summed E-state index contributed by atoms with van der Waals surface area (Å²) in [6, 6.07) is 10.1. The zero-order valence-electron chi connectivity index (χ0n) is 21.9. The highest BCUT2D eigenvalue weighted by Gasteiger charge is 2.33. The molecule has 1 aliphatic heterocycles. The average Bonchev–Trinajstić information content (AvgIpc) is 3.32. The van der Waals surface area contributed by atoms with Crippen LogP contribution in [0.25, 0.3) is 5.70 Å². The fraction of sp³-hybridized carbons (Fsp3) is 0.429. The second-order valence-corrected chi connectivity index (χ2v) is 9.94. The second-order valence-electron chi connectivity index (χ2n) is 9.94. The van der Waals surface area contributed by atoms with E-state index in [9.17, 15) is 4.79 Å². The van der Waals surface area contributed by atoms with Gasteiger partial charge in [-0.15, -0.1) is 0 Å². The zero-order valence-corrected chi connectivity index (χ0v) is 21.9. The van der Waals surface area contributed by atoms with Crippen molar-refractivity contribution in [3.8, 4) is 5.75 Å². The molecule has 1 atom stereocenters. The van der Waals surface area contributed by atoms with Gasteiger partial charge >= 0.3 is 6.03 Å². The van der Waals surface area contributed by atoms with E-state index in [0.717, 1.165) is 19.5 Å². The Labute approximate surface area is 213 Å². The molecule has 1 saturated heterocycles. The van der Waals surface area contributed by atoms with Crippen LogP contribution in [0.3, 0.4) is 0 Å². The molecule has 7 nitrogen and oxygen atoms in total. The maximum Gasteiger partial charge on any atom is 0.321 e. The maximum atomic E-state index is 15.0. The van der Waals surface area contributed by atoms with E-state index in [1.807, 2.05) is 17.0 Å². The van der Waals surface area contributed by atoms with Crippen molar-refractivity contribution in [2.45, 2.75) is 34.1 Å². The van der Waals surface area contributed by atoms with Crippen molar-refractivity contribution in [3.63, 3.8) is 0 Å². The number of hydrogen-bond acceptors (Lipinski definition) is 5. The average molecular weight is 497 g/mol. The number of nitrogens with one attached hydrogen (secondary N) is 2. The van der Waals surface area contributed by atoms with Crippen molar-refractivity contribution in [2.75, 3.05) is 44.0 Å². The first-order chi connectivity index (χ1) is 17.1. The molecule has 1 unspecified atom stereocenters. The number of urea groups is 1. The summed E-state index contributed by atoms with van der Waals surface area (Å²) in [6.45, 7) is 14.7. The van der Waals surface area contributed by atoms with Crippen LogP contribution in [-0.2, 0) is 4.74 Å². The zero-order chi connectivity index (χ0) is 26.3. The summed E-state index contributed by atoms with van der Waals surface area (Å²) >= 11 is 0. The third kappa shape index (κ3) is 7.07. The number of carbonyl (C=O) groups is 1. The second kappa shape index (κ2) is 12.0. The molecule has 0 radical (unpaired) electrons. The maximum absolute atomic E-state index is 15.0. The molecule has 0 saturated carbocycles. The SMILES string of the molecule is C=C(Nc1ccc(NC(=O)N2CCC(C(C)(C)C)C2)cc1)c1c(F)cc(OCCOC)cc1N=CC. The van der Waals surface area contributed by atoms with Gasteiger partial charge in [0.15, 0.2) is 0 Å². The van der Waals surface area contributed by atoms with Crippen LogP contribution in [0.5, 0.6) is 5.75 Å². The van der Waals surface area contributed by atoms with E-state index in [1.165, 1.54) is 6.07 Å². The first-order valence-electron chi connectivity index (χ1n) is 12.2. The third-order valence-electron chi connectivity index (χ3n) is 6.30. The lowest BCUT2D eigenvalue weighted by molar-refractivity contribution is 0.146. The fourth-order valence-electron chi connectivity index (χ4n) is 4.16. The number of ether oxygens (including phenoxy) is 2. The van der Waals surface area contributed by atoms with E-state index in [0.29, 0.717) is 47.6 Å². The number of hydrogen-bond donors (Lipinski definition) is 2. The van der Waals surface area contributed by atoms with Gasteiger partial charge in [-0.05, 0) is 48.9 Å². The molecular formula is C28H37FN4O3. The van der Waals surface area contributed by atoms with E-state index >= 15 is 4.39 Å². The number of anilines is 2. The van der Waals surface area contributed by atoms with Crippen LogP contribution in [0.1, 0.15) is 39.7 Å². The largest absolute Gasteiger partial charge is 0.491 e. The van der Waals surface area contributed by atoms with Gasteiger partial charge in [0.25, 0.3) is 0 Å². The molecule has 1 aliphatic rings. The van der Waals surface area contributed by atoms with E-state index in [2.05, 4.69) is 43.0 Å². The van der Waals surface area contributed by atoms with E-state index in [1.54, 1.807) is 38.4 Å². The molecule has 0 spiro atoms. The van der Waals surface area contributed by atoms with Crippen LogP contribution in [0.2, 0.25) is 0 Å². The monoisotopic (exact) mass is 496 g/mol. The molecule has 2 aromatic rings. The van der Waals surface area contributed by atoms with E-state index in [4.69, 9.17) is 9.47 Å². The molecule has 36 heavy (non-hydrogen) atoms. The number of halogens is 1. The number of nitrogens with zero attached hydrogens (tertiary/aromatic N) is 2. The minimum absolute atomic E-state index is 0.0937. The minimum Gasteiger partial charge on any atom is -0.491 e. The fourth-order valence-corrected chi connectivity index (χ4v) is 4.16. The van der Waals surface area contributed by atoms with Crippen LogP contribution in [0, 0.1) is 17.2 Å². The molecule has 0 bridgehead atoms. The van der Waals surface area contributed by atoms with Gasteiger partial charge in [0.05, 0.1) is 17.9 Å². The van der Waals surface area contributed by atoms with Gasteiger partial charge in [0.2, 0.25) is 0 Å². The van der Waals surface area contributed by atoms with Crippen LogP contribution in [0.15, 0.2) is 48.0 Å². The number of carbonyl (C=O) groups excluding carboxylic acids is 1. The molecule has 0 aliphatic carbocycles. The molecule has 1 heterocycles. The van der Waals surface area contributed by atoms with Gasteiger partial charge < -0.3 is 25.0 Å². The van der Waals surface area contributed by atoms with Gasteiger partial charge in [-0.3, -0.25) is 4.99 Å². The van der Waals surface area contributed by atoms with Crippen LogP contribution in [0.4, 0.5) is 26.2 Å². The molecule has 194 valence electrons. The Morgan fingerprint density at radius 2 is 1.86 bits per heavy atom. The van der Waals surface area contributed by atoms with Crippen molar-refractivity contribution < 1.29 is 18.7 Å². The first-order valence-corrected chi connectivity index (χ1v) is 12.2. The Balaban J connectivity index is 1.65. The number of aliphatic imine (C=N–C) groups is 1. The van der Waals surface area contributed by atoms with Crippen molar-refractivity contribution in [3.05, 3.63) is 54.4 Å². The molecule has 2 N–H and O–H groups in total. The van der Waals surface area contributed by atoms with Crippen molar-refractivity contribution in [1.29, 1.82) is 0 Å². The number of benzene rings is 2. The lowest BCUT2D eigenvalue weighted by Gasteiger charge is -2.27. The summed E-state index contributed by atoms with van der Waals surface area (Å²) in [6.07, 6.45) is 2.61. The molecule has 3 rings (SSSR count). The van der Waals surface area contributed by atoms with Gasteiger partial charge in [-0.2, -0.15) is 0 Å². The summed E-state index contributed by atoms with van der Waals surface area (Å²) in [7, 11) is 1.58. The molecule has 0 aromatic heterocycles. The quantitative estimate of drug-likeness (QED) is 0.305. The van der Waals surface area contributed by atoms with E-state index < -0.39 is 5.82 Å². The Morgan fingerprint density at radius 1 is 1.19 bits per heavy atom. The first kappa shape index (κ1) is 27.2. The molecular weight excluding hydrogens is 459 g/mol. The van der Waals surface area contributed by atoms with Gasteiger partial charge in [0, 0.05) is 55.6 Å². The highest BCUT2D eigenvalue weighted by molar-refractivity contribution is 5.90. The van der Waals surface area contributed by atoms with Crippen molar-refractivity contribution >= 4 is 35.0 Å². The van der Waals surface area contributed by atoms with Gasteiger partial charge in [0.1, 0.15) is 18.2 Å². The summed E-state index contributed by atoms with van der Waals surface area (Å²) in [5.41, 5.74) is 2.61. The molecule has 8 heteroatoms. The van der Waals surface area contributed by atoms with Crippen molar-refractivity contribution in [1.82, 2.24) is 4.90 Å². The van der Waals surface area contributed by atoms with Crippen LogP contribution < -0.4 is 15.4 Å². The van der Waals surface area contributed by atoms with Gasteiger partial charge in [-0.1, -0.05) is 27.4 Å². The lowest BCUT2D eigenvalue weighted by atomic mass is 9.80. The number of amides is 2. The highest BCUT2D eigenvalue weighted by atomic mass is 19.1. The number of methoxy groups -OCH3 is 1. The summed E-state index contributed by atoms with van der Waals surface area (Å²) in [5, 5.41) is 6.10. The van der Waals surface area contributed by atoms with Crippen molar-refractivity contribution in [2.24, 2.45) is 16.3 Å². The molecule has 2 amide bonds. The minimum atomic E-state index is -0.494. The van der Waals surface area contributed by atoms with Gasteiger partial charge in [-0.25, -0.2) is 9.18 Å². The van der Waals surface area contributed by atoms with Crippen LogP contribution >= 0.6 is 0 Å². The lowest BCUT2D eigenvalue weighted by Crippen LogP contribution is -2.34. The Bertz CT molecular complexity index is 1090. The highest BCUT2D eigenvalue weighted by Crippen LogP contribution is 2.35. The standard InChI is InChI=1S/C28H37FN4O3/c1-7-30-25-17-23(36-15-14-35-6)16-24(29)26(25)19(2)31-21-8-10-22(11-9-21)32-27(34)33-13-12-20(18-33)28(3,4)5/h7-11,16-17,20,31H,2,12-15,18H2,1,3-6H3,(H,32,34). The number of rotatable bonds is 9. The Morgan fingerprint density at radius 3 is 2.44 bits per heavy atom. The number of likely N-dealkylation sites (tertiary alicyclic amines) is 1. The summed E-state index contributed by atoms with van der Waals surface area (Å²) in [5.74, 6) is 0.369. The Hall–Kier alpha value is -3.39. The summed E-state index contributed by atoms with van der Waals surface area (Å²) in [4.78, 5) is 18.9. The van der Waals surface area contributed by atoms with E-state index in [-0.39, 0.29) is 17.0 Å². The molecule has 1 fully saturated rings. The predicted octanol–water partition coefficient (Wildman–Crippen LogP) is 6.56. The predicted molar refractivity (Wildman–Crippen MR) is 145 cm³/mol. The smallest absolute Gasteiger partial charge is 0.321 e. The third-order valence-corrected chi connectivity index (χ3v) is 6.30. The normalized spacial score (nSPS) is 15.8. The van der Waals surface area contributed by atoms with Crippen LogP contribution in [-0.4, -0.2) is 50.6 Å².